The molecular weight excluding hydrogens is 301 g/mol. The summed E-state index contributed by atoms with van der Waals surface area (Å²) < 4.78 is 41.0. The van der Waals surface area contributed by atoms with E-state index in [-0.39, 0.29) is 21.7 Å². The monoisotopic (exact) mass is 306 g/mol. The van der Waals surface area contributed by atoms with E-state index in [0.717, 1.165) is 6.20 Å². The molecule has 5 nitrogen and oxygen atoms in total. The van der Waals surface area contributed by atoms with Crippen LogP contribution in [0.4, 0.5) is 18.9 Å². The predicted octanol–water partition coefficient (Wildman–Crippen LogP) is 3.74. The highest BCUT2D eigenvalue weighted by atomic mass is 35.5. The minimum atomic E-state index is -4.49. The Labute approximate surface area is 115 Å². The van der Waals surface area contributed by atoms with Crippen molar-refractivity contribution in [1.82, 2.24) is 4.98 Å². The molecule has 0 saturated carbocycles. The molecule has 1 aromatic heterocycles. The molecule has 0 fully saturated rings. The minimum Gasteiger partial charge on any atom is -0.482 e. The zero-order valence-corrected chi connectivity index (χ0v) is 10.4. The SMILES string of the molecule is O=[N+]([O-])c1cnc2c(OCC(F)(F)F)cccc2c1Cl. The first-order chi connectivity index (χ1) is 9.29. The third-order valence-electron chi connectivity index (χ3n) is 2.36. The molecule has 9 heteroatoms. The van der Waals surface area contributed by atoms with E-state index in [1.165, 1.54) is 18.2 Å². The largest absolute Gasteiger partial charge is 0.482 e. The van der Waals surface area contributed by atoms with Gasteiger partial charge < -0.3 is 4.74 Å². The summed E-state index contributed by atoms with van der Waals surface area (Å²) in [5.74, 6) is -0.142. The molecule has 0 unspecified atom stereocenters. The maximum absolute atomic E-state index is 12.1. The lowest BCUT2D eigenvalue weighted by Crippen LogP contribution is -2.19. The number of ether oxygens (including phenoxy) is 1. The molecule has 1 aromatic carbocycles. The summed E-state index contributed by atoms with van der Waals surface area (Å²) in [5, 5.41) is 10.7. The van der Waals surface area contributed by atoms with Gasteiger partial charge in [-0.25, -0.2) is 4.98 Å². The zero-order chi connectivity index (χ0) is 14.9. The Bertz CT molecular complexity index is 676. The van der Waals surface area contributed by atoms with Crippen LogP contribution in [0.1, 0.15) is 0 Å². The van der Waals surface area contributed by atoms with Crippen LogP contribution >= 0.6 is 11.6 Å². The number of aromatic nitrogens is 1. The molecule has 2 aromatic rings. The van der Waals surface area contributed by atoms with Crippen molar-refractivity contribution in [2.45, 2.75) is 6.18 Å². The van der Waals surface area contributed by atoms with Crippen LogP contribution in [0.15, 0.2) is 24.4 Å². The molecule has 0 saturated heterocycles. The molecule has 0 radical (unpaired) electrons. The molecule has 0 N–H and O–H groups in total. The number of pyridine rings is 1. The first-order valence-corrected chi connectivity index (χ1v) is 5.58. The van der Waals surface area contributed by atoms with E-state index in [9.17, 15) is 23.3 Å². The van der Waals surface area contributed by atoms with Gasteiger partial charge in [0.15, 0.2) is 6.61 Å². The molecule has 0 amide bonds. The highest BCUT2D eigenvalue weighted by Crippen LogP contribution is 2.35. The number of nitro groups is 1. The summed E-state index contributed by atoms with van der Waals surface area (Å²) in [6, 6.07) is 4.08. The Kier molecular flexibility index (Phi) is 3.67. The molecule has 0 aliphatic heterocycles. The van der Waals surface area contributed by atoms with Crippen LogP contribution in [0.2, 0.25) is 5.02 Å². The predicted molar refractivity (Wildman–Crippen MR) is 65.0 cm³/mol. The highest BCUT2D eigenvalue weighted by molar-refractivity contribution is 6.37. The Morgan fingerprint density at radius 3 is 2.70 bits per heavy atom. The Morgan fingerprint density at radius 2 is 2.10 bits per heavy atom. The maximum Gasteiger partial charge on any atom is 0.422 e. The molecule has 0 aliphatic rings. The normalized spacial score (nSPS) is 11.6. The van der Waals surface area contributed by atoms with Crippen LogP contribution in [-0.2, 0) is 0 Å². The van der Waals surface area contributed by atoms with Crippen LogP contribution in [0.5, 0.6) is 5.75 Å². The lowest BCUT2D eigenvalue weighted by atomic mass is 10.2. The number of para-hydroxylation sites is 1. The molecule has 0 aliphatic carbocycles. The topological polar surface area (TPSA) is 65.3 Å². The number of rotatable bonds is 3. The fourth-order valence-electron chi connectivity index (χ4n) is 1.56. The van der Waals surface area contributed by atoms with Crippen molar-refractivity contribution in [3.05, 3.63) is 39.5 Å². The van der Waals surface area contributed by atoms with Gasteiger partial charge in [0.25, 0.3) is 0 Å². The lowest BCUT2D eigenvalue weighted by Gasteiger charge is -2.11. The number of alkyl halides is 3. The van der Waals surface area contributed by atoms with Gasteiger partial charge in [0.1, 0.15) is 22.5 Å². The van der Waals surface area contributed by atoms with Gasteiger partial charge in [0.05, 0.1) is 4.92 Å². The van der Waals surface area contributed by atoms with Crippen molar-refractivity contribution in [2.75, 3.05) is 6.61 Å². The number of nitrogens with zero attached hydrogens (tertiary/aromatic N) is 2. The maximum atomic E-state index is 12.1. The highest BCUT2D eigenvalue weighted by Gasteiger charge is 2.29. The second kappa shape index (κ2) is 5.12. The summed E-state index contributed by atoms with van der Waals surface area (Å²) >= 11 is 5.84. The van der Waals surface area contributed by atoms with Crippen LogP contribution in [0, 0.1) is 10.1 Å². The summed E-state index contributed by atoms with van der Waals surface area (Å²) in [5.41, 5.74) is -0.389. The van der Waals surface area contributed by atoms with Gasteiger partial charge >= 0.3 is 11.9 Å². The van der Waals surface area contributed by atoms with E-state index in [0.29, 0.717) is 0 Å². The Balaban J connectivity index is 2.49. The summed E-state index contributed by atoms with van der Waals surface area (Å²) in [6.45, 7) is -1.48. The van der Waals surface area contributed by atoms with Gasteiger partial charge in [-0.1, -0.05) is 23.7 Å². The molecule has 0 spiro atoms. The molecule has 0 atom stereocenters. The van der Waals surface area contributed by atoms with Crippen LogP contribution in [-0.4, -0.2) is 22.7 Å². The minimum absolute atomic E-state index is 0.0346. The average Bonchev–Trinajstić information content (AvgIpc) is 2.35. The van der Waals surface area contributed by atoms with Gasteiger partial charge in [0.2, 0.25) is 0 Å². The van der Waals surface area contributed by atoms with Crippen LogP contribution < -0.4 is 4.74 Å². The fraction of sp³-hybridized carbons (Fsp3) is 0.182. The number of hydrogen-bond donors (Lipinski definition) is 0. The van der Waals surface area contributed by atoms with Gasteiger partial charge in [-0.15, -0.1) is 0 Å². The van der Waals surface area contributed by atoms with Crippen molar-refractivity contribution in [2.24, 2.45) is 0 Å². The molecule has 106 valence electrons. The first-order valence-electron chi connectivity index (χ1n) is 5.21. The molecule has 0 bridgehead atoms. The molecule has 1 heterocycles. The van der Waals surface area contributed by atoms with Crippen molar-refractivity contribution >= 4 is 28.2 Å². The van der Waals surface area contributed by atoms with Gasteiger partial charge in [0, 0.05) is 5.39 Å². The summed E-state index contributed by atoms with van der Waals surface area (Å²) in [4.78, 5) is 13.7. The third-order valence-corrected chi connectivity index (χ3v) is 2.76. The third kappa shape index (κ3) is 2.90. The second-order valence-corrected chi connectivity index (χ2v) is 4.15. The molecule has 2 rings (SSSR count). The van der Waals surface area contributed by atoms with Crippen LogP contribution in [0.3, 0.4) is 0 Å². The van der Waals surface area contributed by atoms with Crippen molar-refractivity contribution in [3.8, 4) is 5.75 Å². The smallest absolute Gasteiger partial charge is 0.422 e. The van der Waals surface area contributed by atoms with E-state index in [4.69, 9.17) is 11.6 Å². The van der Waals surface area contributed by atoms with Crippen LogP contribution in [0.25, 0.3) is 10.9 Å². The summed E-state index contributed by atoms with van der Waals surface area (Å²) in [6.07, 6.45) is -3.61. The second-order valence-electron chi connectivity index (χ2n) is 3.77. The number of fused-ring (bicyclic) bond motifs is 1. The van der Waals surface area contributed by atoms with E-state index >= 15 is 0 Å². The Morgan fingerprint density at radius 1 is 1.40 bits per heavy atom. The molecular formula is C11H6ClF3N2O3. The van der Waals surface area contributed by atoms with E-state index in [2.05, 4.69) is 9.72 Å². The quantitative estimate of drug-likeness (QED) is 0.640. The van der Waals surface area contributed by atoms with E-state index in [1.54, 1.807) is 0 Å². The first kappa shape index (κ1) is 14.3. The zero-order valence-electron chi connectivity index (χ0n) is 9.65. The standard InChI is InChI=1S/C11H6ClF3N2O3/c12-9-6-2-1-3-8(20-5-11(13,14)15)10(6)16-4-7(9)17(18)19/h1-4H,5H2. The Hall–Kier alpha value is -2.09. The van der Waals surface area contributed by atoms with E-state index in [1.807, 2.05) is 0 Å². The molecule has 20 heavy (non-hydrogen) atoms. The van der Waals surface area contributed by atoms with Crippen molar-refractivity contribution in [3.63, 3.8) is 0 Å². The number of benzene rings is 1. The fourth-order valence-corrected chi connectivity index (χ4v) is 1.83. The van der Waals surface area contributed by atoms with Gasteiger partial charge in [-0.2, -0.15) is 13.2 Å². The number of halogens is 4. The van der Waals surface area contributed by atoms with Crippen molar-refractivity contribution < 1.29 is 22.8 Å². The number of hydrogen-bond acceptors (Lipinski definition) is 4. The van der Waals surface area contributed by atoms with Crippen molar-refractivity contribution in [1.29, 1.82) is 0 Å². The van der Waals surface area contributed by atoms with Gasteiger partial charge in [-0.05, 0) is 6.07 Å². The lowest BCUT2D eigenvalue weighted by molar-refractivity contribution is -0.384. The summed E-state index contributed by atoms with van der Waals surface area (Å²) in [7, 11) is 0. The van der Waals surface area contributed by atoms with Gasteiger partial charge in [-0.3, -0.25) is 10.1 Å². The van der Waals surface area contributed by atoms with E-state index < -0.39 is 23.4 Å². The average molecular weight is 307 g/mol.